The fourth-order valence-electron chi connectivity index (χ4n) is 1.46. The molecular formula is C12H15F4NO. The molecular weight excluding hydrogens is 250 g/mol. The van der Waals surface area contributed by atoms with Crippen LogP contribution in [0.1, 0.15) is 18.4 Å². The number of hydrogen-bond acceptors (Lipinski definition) is 2. The fourth-order valence-corrected chi connectivity index (χ4v) is 1.46. The fraction of sp³-hybridized carbons (Fsp3) is 0.500. The van der Waals surface area contributed by atoms with E-state index >= 15 is 0 Å². The summed E-state index contributed by atoms with van der Waals surface area (Å²) in [6.07, 6.45) is -3.08. The lowest BCUT2D eigenvalue weighted by atomic mass is 10.1. The van der Waals surface area contributed by atoms with Crippen molar-refractivity contribution in [3.63, 3.8) is 0 Å². The zero-order valence-electron chi connectivity index (χ0n) is 9.98. The van der Waals surface area contributed by atoms with Crippen LogP contribution in [0.3, 0.4) is 0 Å². The maximum Gasteiger partial charge on any atom is 0.419 e. The van der Waals surface area contributed by atoms with Crippen LogP contribution < -0.4 is 5.32 Å². The van der Waals surface area contributed by atoms with Crippen molar-refractivity contribution in [1.29, 1.82) is 0 Å². The van der Waals surface area contributed by atoms with Gasteiger partial charge in [-0.2, -0.15) is 13.2 Å². The van der Waals surface area contributed by atoms with Gasteiger partial charge in [-0.25, -0.2) is 4.39 Å². The molecule has 0 saturated heterocycles. The maximum atomic E-state index is 13.0. The minimum Gasteiger partial charge on any atom is -0.385 e. The van der Waals surface area contributed by atoms with E-state index in [1.54, 1.807) is 7.11 Å². The first-order valence-corrected chi connectivity index (χ1v) is 5.54. The Morgan fingerprint density at radius 1 is 1.22 bits per heavy atom. The molecule has 6 heteroatoms. The first-order valence-electron chi connectivity index (χ1n) is 5.54. The van der Waals surface area contributed by atoms with Gasteiger partial charge in [0.05, 0.1) is 5.56 Å². The molecule has 18 heavy (non-hydrogen) atoms. The van der Waals surface area contributed by atoms with E-state index < -0.39 is 17.6 Å². The zero-order valence-corrected chi connectivity index (χ0v) is 9.98. The van der Waals surface area contributed by atoms with Crippen molar-refractivity contribution in [3.8, 4) is 0 Å². The molecule has 0 radical (unpaired) electrons. The molecule has 0 aliphatic carbocycles. The second-order valence-electron chi connectivity index (χ2n) is 3.82. The SMILES string of the molecule is COCCCCNc1ccc(F)c(C(F)(F)F)c1. The Morgan fingerprint density at radius 3 is 2.56 bits per heavy atom. The summed E-state index contributed by atoms with van der Waals surface area (Å²) in [5.74, 6) is -1.26. The van der Waals surface area contributed by atoms with Gasteiger partial charge >= 0.3 is 6.18 Å². The molecule has 0 aliphatic heterocycles. The molecule has 1 N–H and O–H groups in total. The topological polar surface area (TPSA) is 21.3 Å². The van der Waals surface area contributed by atoms with Crippen LogP contribution in [0.15, 0.2) is 18.2 Å². The molecule has 2 nitrogen and oxygen atoms in total. The summed E-state index contributed by atoms with van der Waals surface area (Å²) in [7, 11) is 1.59. The first-order chi connectivity index (χ1) is 8.45. The minimum absolute atomic E-state index is 0.265. The van der Waals surface area contributed by atoms with E-state index in [4.69, 9.17) is 4.74 Å². The molecule has 0 spiro atoms. The van der Waals surface area contributed by atoms with Crippen LogP contribution in [0.4, 0.5) is 23.2 Å². The molecule has 0 heterocycles. The summed E-state index contributed by atoms with van der Waals surface area (Å²) in [6.45, 7) is 1.13. The summed E-state index contributed by atoms with van der Waals surface area (Å²) in [6, 6.07) is 2.90. The monoisotopic (exact) mass is 265 g/mol. The van der Waals surface area contributed by atoms with Crippen molar-refractivity contribution in [2.75, 3.05) is 25.6 Å². The van der Waals surface area contributed by atoms with Gasteiger partial charge in [-0.15, -0.1) is 0 Å². The second kappa shape index (κ2) is 6.58. The Labute approximate surface area is 103 Å². The van der Waals surface area contributed by atoms with Gasteiger partial charge < -0.3 is 10.1 Å². The van der Waals surface area contributed by atoms with Gasteiger partial charge in [0, 0.05) is 25.9 Å². The molecule has 0 amide bonds. The molecule has 1 aromatic carbocycles. The lowest BCUT2D eigenvalue weighted by molar-refractivity contribution is -0.139. The number of benzene rings is 1. The molecule has 0 aliphatic rings. The van der Waals surface area contributed by atoms with Crippen LogP contribution in [0.2, 0.25) is 0 Å². The number of ether oxygens (including phenoxy) is 1. The average molecular weight is 265 g/mol. The number of alkyl halides is 3. The Bertz CT molecular complexity index is 379. The predicted octanol–water partition coefficient (Wildman–Crippen LogP) is 3.68. The molecule has 1 rings (SSSR count). The zero-order chi connectivity index (χ0) is 13.6. The van der Waals surface area contributed by atoms with Crippen LogP contribution in [0.5, 0.6) is 0 Å². The van der Waals surface area contributed by atoms with Crippen LogP contribution >= 0.6 is 0 Å². The van der Waals surface area contributed by atoms with E-state index in [-0.39, 0.29) is 5.69 Å². The quantitative estimate of drug-likeness (QED) is 0.625. The number of methoxy groups -OCH3 is 1. The third-order valence-electron chi connectivity index (χ3n) is 2.38. The van der Waals surface area contributed by atoms with Crippen LogP contribution in [-0.2, 0) is 10.9 Å². The molecule has 0 unspecified atom stereocenters. The van der Waals surface area contributed by atoms with E-state index in [9.17, 15) is 17.6 Å². The highest BCUT2D eigenvalue weighted by Gasteiger charge is 2.34. The van der Waals surface area contributed by atoms with Gasteiger partial charge in [0.15, 0.2) is 0 Å². The second-order valence-corrected chi connectivity index (χ2v) is 3.82. The number of hydrogen-bond donors (Lipinski definition) is 1. The summed E-state index contributed by atoms with van der Waals surface area (Å²) in [4.78, 5) is 0. The Morgan fingerprint density at radius 2 is 1.94 bits per heavy atom. The van der Waals surface area contributed by atoms with Crippen molar-refractivity contribution < 1.29 is 22.3 Å². The van der Waals surface area contributed by atoms with Gasteiger partial charge in [0.1, 0.15) is 5.82 Å². The van der Waals surface area contributed by atoms with Crippen molar-refractivity contribution >= 4 is 5.69 Å². The van der Waals surface area contributed by atoms with Gasteiger partial charge in [-0.3, -0.25) is 0 Å². The molecule has 0 atom stereocenters. The third-order valence-corrected chi connectivity index (χ3v) is 2.38. The number of halogens is 4. The normalized spacial score (nSPS) is 11.6. The van der Waals surface area contributed by atoms with Crippen LogP contribution in [0.25, 0.3) is 0 Å². The lowest BCUT2D eigenvalue weighted by Gasteiger charge is -2.11. The molecule has 102 valence electrons. The highest BCUT2D eigenvalue weighted by Crippen LogP contribution is 2.32. The maximum absolute atomic E-state index is 13.0. The van der Waals surface area contributed by atoms with E-state index in [1.165, 1.54) is 6.07 Å². The standard InChI is InChI=1S/C12H15F4NO/c1-18-7-3-2-6-17-9-4-5-11(13)10(8-9)12(14,15)16/h4-5,8,17H,2-3,6-7H2,1H3. The summed E-state index contributed by atoms with van der Waals surface area (Å²) in [5.41, 5.74) is -0.981. The molecule has 0 saturated carbocycles. The van der Waals surface area contributed by atoms with Crippen molar-refractivity contribution in [3.05, 3.63) is 29.6 Å². The number of unbranched alkanes of at least 4 members (excludes halogenated alkanes) is 1. The Hall–Kier alpha value is -1.30. The number of anilines is 1. The highest BCUT2D eigenvalue weighted by atomic mass is 19.4. The van der Waals surface area contributed by atoms with E-state index in [2.05, 4.69) is 5.32 Å². The third kappa shape index (κ3) is 4.52. The summed E-state index contributed by atoms with van der Waals surface area (Å²) >= 11 is 0. The molecule has 0 bridgehead atoms. The molecule has 0 fully saturated rings. The van der Waals surface area contributed by atoms with Crippen molar-refractivity contribution in [2.24, 2.45) is 0 Å². The van der Waals surface area contributed by atoms with Crippen LogP contribution in [0, 0.1) is 5.82 Å². The predicted molar refractivity (Wildman–Crippen MR) is 61.0 cm³/mol. The minimum atomic E-state index is -4.67. The Balaban J connectivity index is 2.57. The van der Waals surface area contributed by atoms with Gasteiger partial charge in [-0.1, -0.05) is 0 Å². The van der Waals surface area contributed by atoms with Crippen LogP contribution in [-0.4, -0.2) is 20.3 Å². The first kappa shape index (κ1) is 14.8. The summed E-state index contributed by atoms with van der Waals surface area (Å²) in [5, 5.41) is 2.82. The molecule has 0 aromatic heterocycles. The van der Waals surface area contributed by atoms with E-state index in [1.807, 2.05) is 0 Å². The van der Waals surface area contributed by atoms with Crippen molar-refractivity contribution in [1.82, 2.24) is 0 Å². The van der Waals surface area contributed by atoms with E-state index in [0.29, 0.717) is 13.2 Å². The Kier molecular flexibility index (Phi) is 5.40. The number of nitrogens with one attached hydrogen (secondary N) is 1. The van der Waals surface area contributed by atoms with E-state index in [0.717, 1.165) is 25.0 Å². The largest absolute Gasteiger partial charge is 0.419 e. The van der Waals surface area contributed by atoms with Gasteiger partial charge in [0.2, 0.25) is 0 Å². The lowest BCUT2D eigenvalue weighted by Crippen LogP contribution is -2.10. The summed E-state index contributed by atoms with van der Waals surface area (Å²) < 4.78 is 55.1. The smallest absolute Gasteiger partial charge is 0.385 e. The highest BCUT2D eigenvalue weighted by molar-refractivity contribution is 5.47. The molecule has 1 aromatic rings. The average Bonchev–Trinajstić information content (AvgIpc) is 2.29. The number of rotatable bonds is 6. The van der Waals surface area contributed by atoms with Gasteiger partial charge in [0.25, 0.3) is 0 Å². The van der Waals surface area contributed by atoms with Crippen molar-refractivity contribution in [2.45, 2.75) is 19.0 Å². The van der Waals surface area contributed by atoms with Gasteiger partial charge in [-0.05, 0) is 31.0 Å².